The van der Waals surface area contributed by atoms with Gasteiger partial charge in [-0.1, -0.05) is 26.0 Å². The highest BCUT2D eigenvalue weighted by Crippen LogP contribution is 2.25. The van der Waals surface area contributed by atoms with Crippen molar-refractivity contribution in [3.8, 4) is 5.75 Å². The van der Waals surface area contributed by atoms with Crippen molar-refractivity contribution in [2.24, 2.45) is 5.92 Å². The number of rotatable bonds is 6. The van der Waals surface area contributed by atoms with E-state index in [1.165, 1.54) is 0 Å². The van der Waals surface area contributed by atoms with E-state index in [4.69, 9.17) is 9.94 Å². The van der Waals surface area contributed by atoms with Gasteiger partial charge in [0.05, 0.1) is 13.2 Å². The Labute approximate surface area is 142 Å². The average molecular weight is 335 g/mol. The monoisotopic (exact) mass is 335 g/mol. The maximum absolute atomic E-state index is 12.5. The Kier molecular flexibility index (Phi) is 5.66. The second-order valence-electron chi connectivity index (χ2n) is 6.44. The number of carbonyl (C=O) groups is 2. The highest BCUT2D eigenvalue weighted by molar-refractivity contribution is 5.87. The fourth-order valence-electron chi connectivity index (χ4n) is 3.19. The van der Waals surface area contributed by atoms with E-state index in [0.29, 0.717) is 13.0 Å². The first kappa shape index (κ1) is 18.1. The van der Waals surface area contributed by atoms with E-state index in [9.17, 15) is 9.59 Å². The molecule has 1 fully saturated rings. The van der Waals surface area contributed by atoms with Gasteiger partial charge in [-0.05, 0) is 30.0 Å². The molecular formula is C17H25N3O4. The number of nitrogens with zero attached hydrogens (tertiary/aromatic N) is 2. The van der Waals surface area contributed by atoms with Gasteiger partial charge in [0.25, 0.3) is 5.91 Å². The molecule has 1 heterocycles. The molecule has 2 N–H and O–H groups in total. The van der Waals surface area contributed by atoms with E-state index in [-0.39, 0.29) is 18.0 Å². The van der Waals surface area contributed by atoms with Crippen LogP contribution in [0.3, 0.4) is 0 Å². The van der Waals surface area contributed by atoms with Crippen LogP contribution in [0.5, 0.6) is 5.75 Å². The van der Waals surface area contributed by atoms with Gasteiger partial charge in [0.2, 0.25) is 0 Å². The summed E-state index contributed by atoms with van der Waals surface area (Å²) in [7, 11) is 3.33. The molecule has 0 saturated carbocycles. The van der Waals surface area contributed by atoms with Crippen LogP contribution >= 0.6 is 0 Å². The minimum atomic E-state index is -0.712. The van der Waals surface area contributed by atoms with Gasteiger partial charge in [-0.2, -0.15) is 0 Å². The number of benzene rings is 1. The molecule has 2 atom stereocenters. The molecule has 0 spiro atoms. The van der Waals surface area contributed by atoms with E-state index in [1.807, 2.05) is 38.1 Å². The Morgan fingerprint density at radius 2 is 2.00 bits per heavy atom. The number of ether oxygens (including phenoxy) is 1. The van der Waals surface area contributed by atoms with Crippen LogP contribution in [0, 0.1) is 5.92 Å². The molecule has 1 aromatic rings. The number of methoxy groups -OCH3 is 1. The van der Waals surface area contributed by atoms with E-state index in [1.54, 1.807) is 29.4 Å². The summed E-state index contributed by atoms with van der Waals surface area (Å²) in [6.07, 6.45) is 0.627. The zero-order valence-electron chi connectivity index (χ0n) is 14.5. The Morgan fingerprint density at radius 1 is 1.38 bits per heavy atom. The lowest BCUT2D eigenvalue weighted by Gasteiger charge is -2.33. The van der Waals surface area contributed by atoms with Gasteiger partial charge in [0.15, 0.2) is 0 Å². The number of likely N-dealkylation sites (N-methyl/N-ethyl adjacent to an activating group) is 1. The molecule has 1 aliphatic heterocycles. The minimum absolute atomic E-state index is 0.119. The predicted molar refractivity (Wildman–Crippen MR) is 88.9 cm³/mol. The third kappa shape index (κ3) is 3.62. The molecule has 24 heavy (non-hydrogen) atoms. The number of amides is 3. The van der Waals surface area contributed by atoms with Gasteiger partial charge < -0.3 is 14.5 Å². The Morgan fingerprint density at radius 3 is 2.50 bits per heavy atom. The molecule has 1 aromatic carbocycles. The van der Waals surface area contributed by atoms with Crippen LogP contribution < -0.4 is 10.2 Å². The highest BCUT2D eigenvalue weighted by Gasteiger charge is 2.43. The fourth-order valence-corrected chi connectivity index (χ4v) is 3.19. The topological polar surface area (TPSA) is 82.1 Å². The Bertz CT molecular complexity index is 588. The van der Waals surface area contributed by atoms with Crippen LogP contribution in [0.1, 0.15) is 19.4 Å². The molecule has 3 amide bonds. The number of hydroxylamine groups is 1. The first-order valence-electron chi connectivity index (χ1n) is 7.99. The van der Waals surface area contributed by atoms with Gasteiger partial charge in [-0.15, -0.1) is 0 Å². The molecule has 2 rings (SSSR count). The maximum atomic E-state index is 12.5. The van der Waals surface area contributed by atoms with Crippen molar-refractivity contribution in [1.82, 2.24) is 15.3 Å². The van der Waals surface area contributed by atoms with E-state index in [2.05, 4.69) is 0 Å². The van der Waals surface area contributed by atoms with Crippen molar-refractivity contribution in [3.63, 3.8) is 0 Å². The second-order valence-corrected chi connectivity index (χ2v) is 6.44. The molecule has 7 nitrogen and oxygen atoms in total. The summed E-state index contributed by atoms with van der Waals surface area (Å²) in [4.78, 5) is 27.8. The smallest absolute Gasteiger partial charge is 0.320 e. The molecule has 0 bridgehead atoms. The van der Waals surface area contributed by atoms with Crippen LogP contribution in [-0.2, 0) is 11.2 Å². The first-order chi connectivity index (χ1) is 11.4. The van der Waals surface area contributed by atoms with Gasteiger partial charge >= 0.3 is 6.03 Å². The van der Waals surface area contributed by atoms with Gasteiger partial charge in [-0.3, -0.25) is 10.0 Å². The van der Waals surface area contributed by atoms with Gasteiger partial charge in [0, 0.05) is 13.6 Å². The number of hydrogen-bond acceptors (Lipinski definition) is 4. The van der Waals surface area contributed by atoms with Crippen LogP contribution in [-0.4, -0.2) is 59.7 Å². The summed E-state index contributed by atoms with van der Waals surface area (Å²) < 4.78 is 5.16. The Hall–Kier alpha value is -2.28. The summed E-state index contributed by atoms with van der Waals surface area (Å²) in [5.74, 6) is 0.0919. The number of carbonyl (C=O) groups excluding carboxylic acids is 2. The lowest BCUT2D eigenvalue weighted by molar-refractivity contribution is -0.135. The van der Waals surface area contributed by atoms with Crippen LogP contribution in [0.15, 0.2) is 24.3 Å². The van der Waals surface area contributed by atoms with Crippen molar-refractivity contribution in [2.45, 2.75) is 32.4 Å². The molecule has 1 aliphatic rings. The third-order valence-electron chi connectivity index (χ3n) is 4.37. The van der Waals surface area contributed by atoms with E-state index in [0.717, 1.165) is 11.3 Å². The molecule has 0 aliphatic carbocycles. The van der Waals surface area contributed by atoms with E-state index >= 15 is 0 Å². The fraction of sp³-hybridized carbons (Fsp3) is 0.529. The number of nitrogens with one attached hydrogen (secondary N) is 1. The van der Waals surface area contributed by atoms with Crippen LogP contribution in [0.2, 0.25) is 0 Å². The standard InChI is InChI=1S/C17H25N3O4/c1-11(2)15(16(21)18-23)20-13(10-19(3)17(20)22)9-12-5-7-14(24-4)8-6-12/h5-8,11,13,15,23H,9-10H2,1-4H3,(H,18,21). The summed E-state index contributed by atoms with van der Waals surface area (Å²) in [5, 5.41) is 9.04. The molecule has 7 heteroatoms. The molecule has 2 unspecified atom stereocenters. The Balaban J connectivity index is 2.25. The summed E-state index contributed by atoms with van der Waals surface area (Å²) in [6, 6.07) is 6.61. The zero-order chi connectivity index (χ0) is 17.9. The predicted octanol–water partition coefficient (Wildman–Crippen LogP) is 1.50. The normalized spacial score (nSPS) is 18.9. The SMILES string of the molecule is COc1ccc(CC2CN(C)C(=O)N2C(C(=O)NO)C(C)C)cc1. The highest BCUT2D eigenvalue weighted by atomic mass is 16.5. The van der Waals surface area contributed by atoms with Crippen molar-refractivity contribution in [2.75, 3.05) is 20.7 Å². The summed E-state index contributed by atoms with van der Waals surface area (Å²) in [5.41, 5.74) is 2.75. The van der Waals surface area contributed by atoms with Gasteiger partial charge in [-0.25, -0.2) is 10.3 Å². The minimum Gasteiger partial charge on any atom is -0.497 e. The lowest BCUT2D eigenvalue weighted by Crippen LogP contribution is -2.53. The molecule has 132 valence electrons. The molecule has 0 aromatic heterocycles. The summed E-state index contributed by atoms with van der Waals surface area (Å²) >= 11 is 0. The lowest BCUT2D eigenvalue weighted by atomic mass is 9.98. The van der Waals surface area contributed by atoms with Gasteiger partial charge in [0.1, 0.15) is 11.8 Å². The van der Waals surface area contributed by atoms with E-state index < -0.39 is 11.9 Å². The summed E-state index contributed by atoms with van der Waals surface area (Å²) in [6.45, 7) is 4.25. The quantitative estimate of drug-likeness (QED) is 0.610. The van der Waals surface area contributed by atoms with Crippen molar-refractivity contribution in [3.05, 3.63) is 29.8 Å². The first-order valence-corrected chi connectivity index (χ1v) is 7.99. The maximum Gasteiger partial charge on any atom is 0.320 e. The number of urea groups is 1. The van der Waals surface area contributed by atoms with Crippen LogP contribution in [0.25, 0.3) is 0 Å². The van der Waals surface area contributed by atoms with Crippen molar-refractivity contribution >= 4 is 11.9 Å². The zero-order valence-corrected chi connectivity index (χ0v) is 14.5. The van der Waals surface area contributed by atoms with Crippen molar-refractivity contribution in [1.29, 1.82) is 0 Å². The second kappa shape index (κ2) is 7.53. The molecule has 1 saturated heterocycles. The average Bonchev–Trinajstić information content (AvgIpc) is 2.83. The number of hydrogen-bond donors (Lipinski definition) is 2. The molecular weight excluding hydrogens is 310 g/mol. The van der Waals surface area contributed by atoms with Crippen LogP contribution in [0.4, 0.5) is 4.79 Å². The largest absolute Gasteiger partial charge is 0.497 e. The molecule has 0 radical (unpaired) electrons. The third-order valence-corrected chi connectivity index (χ3v) is 4.37. The van der Waals surface area contributed by atoms with Crippen molar-refractivity contribution < 1.29 is 19.5 Å².